The third-order valence-electron chi connectivity index (χ3n) is 3.69. The molecule has 5 nitrogen and oxygen atoms in total. The summed E-state index contributed by atoms with van der Waals surface area (Å²) in [5.74, 6) is 3.32. The average Bonchev–Trinajstić information content (AvgIpc) is 3.14. The molecule has 2 aromatic heterocycles. The Kier molecular flexibility index (Phi) is 5.30. The van der Waals surface area contributed by atoms with Crippen molar-refractivity contribution in [3.63, 3.8) is 0 Å². The van der Waals surface area contributed by atoms with Gasteiger partial charge in [-0.05, 0) is 61.0 Å². The Hall–Kier alpha value is -2.05. The van der Waals surface area contributed by atoms with E-state index in [2.05, 4.69) is 24.0 Å². The molecule has 0 aliphatic rings. The fourth-order valence-electron chi connectivity index (χ4n) is 2.54. The Bertz CT molecular complexity index is 927. The lowest BCUT2D eigenvalue weighted by Crippen LogP contribution is -2.06. The first-order valence-electron chi connectivity index (χ1n) is 8.07. The number of aryl methyl sites for hydroxylation is 1. The molecule has 1 aromatic carbocycles. The molecule has 0 aliphatic carbocycles. The van der Waals surface area contributed by atoms with E-state index >= 15 is 0 Å². The van der Waals surface area contributed by atoms with Gasteiger partial charge in [0, 0.05) is 11.6 Å². The van der Waals surface area contributed by atoms with Gasteiger partial charge >= 0.3 is 0 Å². The van der Waals surface area contributed by atoms with Crippen LogP contribution in [0.15, 0.2) is 34.7 Å². The first-order chi connectivity index (χ1) is 11.9. The Morgan fingerprint density at radius 3 is 2.84 bits per heavy atom. The van der Waals surface area contributed by atoms with Crippen molar-refractivity contribution in [2.75, 3.05) is 0 Å². The van der Waals surface area contributed by atoms with Gasteiger partial charge in [0.25, 0.3) is 0 Å². The first-order valence-corrected chi connectivity index (χ1v) is 8.86. The molecule has 132 valence electrons. The van der Waals surface area contributed by atoms with E-state index in [0.717, 1.165) is 23.6 Å². The van der Waals surface area contributed by atoms with Crippen molar-refractivity contribution < 1.29 is 9.15 Å². The van der Waals surface area contributed by atoms with Gasteiger partial charge in [-0.15, -0.1) is 0 Å². The van der Waals surface area contributed by atoms with E-state index in [4.69, 9.17) is 33.0 Å². The van der Waals surface area contributed by atoms with Crippen LogP contribution in [-0.2, 0) is 13.2 Å². The number of benzene rings is 1. The maximum absolute atomic E-state index is 5.96. The van der Waals surface area contributed by atoms with Gasteiger partial charge in [-0.25, -0.2) is 0 Å². The van der Waals surface area contributed by atoms with E-state index in [1.54, 1.807) is 6.07 Å². The monoisotopic (exact) mass is 377 g/mol. The topological polar surface area (TPSA) is 56.0 Å². The summed E-state index contributed by atoms with van der Waals surface area (Å²) in [6, 6.07) is 9.30. The van der Waals surface area contributed by atoms with Crippen molar-refractivity contribution >= 4 is 23.8 Å². The number of aromatic nitrogens is 3. The predicted molar refractivity (Wildman–Crippen MR) is 100 cm³/mol. The number of rotatable bonds is 6. The number of hydrogen-bond acceptors (Lipinski definition) is 4. The van der Waals surface area contributed by atoms with Crippen molar-refractivity contribution in [1.82, 2.24) is 14.8 Å². The van der Waals surface area contributed by atoms with Crippen LogP contribution in [0.25, 0.3) is 11.6 Å². The van der Waals surface area contributed by atoms with E-state index in [9.17, 15) is 0 Å². The molecule has 3 aromatic rings. The third kappa shape index (κ3) is 4.14. The molecule has 7 heteroatoms. The zero-order valence-electron chi connectivity index (χ0n) is 14.4. The van der Waals surface area contributed by atoms with E-state index in [-0.39, 0.29) is 0 Å². The number of hydrogen-bond donors (Lipinski definition) is 1. The highest BCUT2D eigenvalue weighted by Crippen LogP contribution is 2.25. The van der Waals surface area contributed by atoms with Crippen LogP contribution in [0.4, 0.5) is 0 Å². The van der Waals surface area contributed by atoms with Gasteiger partial charge in [0.15, 0.2) is 16.4 Å². The number of aromatic amines is 1. The summed E-state index contributed by atoms with van der Waals surface area (Å²) in [7, 11) is 0. The fourth-order valence-corrected chi connectivity index (χ4v) is 2.97. The molecular formula is C18H20ClN3O2S. The lowest BCUT2D eigenvalue weighted by molar-refractivity contribution is 0.270. The largest absolute Gasteiger partial charge is 0.485 e. The van der Waals surface area contributed by atoms with E-state index in [1.807, 2.05) is 35.8 Å². The number of ether oxygens (including phenoxy) is 1. The smallest absolute Gasteiger partial charge is 0.198 e. The molecule has 0 unspecified atom stereocenters. The normalized spacial score (nSPS) is 11.2. The lowest BCUT2D eigenvalue weighted by atomic mass is 10.2. The molecule has 0 atom stereocenters. The van der Waals surface area contributed by atoms with E-state index in [0.29, 0.717) is 33.9 Å². The maximum atomic E-state index is 5.96. The number of halogens is 1. The summed E-state index contributed by atoms with van der Waals surface area (Å²) >= 11 is 11.3. The van der Waals surface area contributed by atoms with Gasteiger partial charge in [-0.2, -0.15) is 5.10 Å². The lowest BCUT2D eigenvalue weighted by Gasteiger charge is -2.08. The summed E-state index contributed by atoms with van der Waals surface area (Å²) in [4.78, 5) is 0. The minimum absolute atomic E-state index is 0.331. The van der Waals surface area contributed by atoms with Gasteiger partial charge in [0.05, 0.1) is 0 Å². The molecule has 0 saturated heterocycles. The van der Waals surface area contributed by atoms with Crippen LogP contribution >= 0.6 is 23.8 Å². The van der Waals surface area contributed by atoms with Crippen LogP contribution in [0.1, 0.15) is 25.2 Å². The van der Waals surface area contributed by atoms with Crippen LogP contribution in [0, 0.1) is 17.6 Å². The van der Waals surface area contributed by atoms with Gasteiger partial charge in [-0.1, -0.05) is 25.4 Å². The maximum Gasteiger partial charge on any atom is 0.198 e. The van der Waals surface area contributed by atoms with E-state index in [1.165, 1.54) is 0 Å². The highest BCUT2D eigenvalue weighted by molar-refractivity contribution is 7.71. The SMILES string of the molecule is Cc1cc(Cl)ccc1OCc1ccc(-c2n[nH]c(=S)n2CC(C)C)o1. The zero-order chi connectivity index (χ0) is 18.0. The average molecular weight is 378 g/mol. The number of nitrogens with zero attached hydrogens (tertiary/aromatic N) is 2. The molecule has 0 fully saturated rings. The Labute approximate surface area is 156 Å². The Morgan fingerprint density at radius 1 is 1.32 bits per heavy atom. The molecule has 0 radical (unpaired) electrons. The second-order valence-electron chi connectivity index (χ2n) is 6.32. The molecule has 3 rings (SSSR count). The van der Waals surface area contributed by atoms with Crippen LogP contribution in [-0.4, -0.2) is 14.8 Å². The molecular weight excluding hydrogens is 358 g/mol. The first kappa shape index (κ1) is 17.8. The summed E-state index contributed by atoms with van der Waals surface area (Å²) in [5.41, 5.74) is 0.983. The van der Waals surface area contributed by atoms with Crippen LogP contribution < -0.4 is 4.74 Å². The number of nitrogens with one attached hydrogen (secondary N) is 1. The van der Waals surface area contributed by atoms with Gasteiger partial charge in [0.1, 0.15) is 18.1 Å². The molecule has 0 bridgehead atoms. The molecule has 25 heavy (non-hydrogen) atoms. The van der Waals surface area contributed by atoms with Crippen molar-refractivity contribution in [2.24, 2.45) is 5.92 Å². The van der Waals surface area contributed by atoms with Crippen LogP contribution in [0.5, 0.6) is 5.75 Å². The summed E-state index contributed by atoms with van der Waals surface area (Å²) in [6.45, 7) is 7.33. The van der Waals surface area contributed by atoms with Gasteiger partial charge in [-0.3, -0.25) is 9.67 Å². The highest BCUT2D eigenvalue weighted by atomic mass is 35.5. The quantitative estimate of drug-likeness (QED) is 0.584. The molecule has 0 aliphatic heterocycles. The van der Waals surface area contributed by atoms with Gasteiger partial charge < -0.3 is 9.15 Å². The Morgan fingerprint density at radius 2 is 2.12 bits per heavy atom. The minimum Gasteiger partial charge on any atom is -0.485 e. The summed E-state index contributed by atoms with van der Waals surface area (Å²) < 4.78 is 14.3. The molecule has 0 spiro atoms. The molecule has 0 saturated carbocycles. The van der Waals surface area contributed by atoms with Crippen molar-refractivity contribution in [3.05, 3.63) is 51.4 Å². The second-order valence-corrected chi connectivity index (χ2v) is 7.14. The van der Waals surface area contributed by atoms with Crippen molar-refractivity contribution in [1.29, 1.82) is 0 Å². The van der Waals surface area contributed by atoms with Crippen LogP contribution in [0.3, 0.4) is 0 Å². The molecule has 0 amide bonds. The summed E-state index contributed by atoms with van der Waals surface area (Å²) in [5, 5.41) is 7.82. The van der Waals surface area contributed by atoms with Gasteiger partial charge in [0.2, 0.25) is 0 Å². The minimum atomic E-state index is 0.331. The summed E-state index contributed by atoms with van der Waals surface area (Å²) in [6.07, 6.45) is 0. The van der Waals surface area contributed by atoms with Crippen LogP contribution in [0.2, 0.25) is 5.02 Å². The fraction of sp³-hybridized carbons (Fsp3) is 0.333. The Balaban J connectivity index is 1.76. The third-order valence-corrected chi connectivity index (χ3v) is 4.24. The molecule has 2 heterocycles. The molecule has 1 N–H and O–H groups in total. The highest BCUT2D eigenvalue weighted by Gasteiger charge is 2.14. The van der Waals surface area contributed by atoms with Crippen molar-refractivity contribution in [3.8, 4) is 17.3 Å². The number of furan rings is 1. The van der Waals surface area contributed by atoms with E-state index < -0.39 is 0 Å². The standard InChI is InChI=1S/C18H20ClN3O2S/c1-11(2)9-22-17(20-21-18(22)25)16-7-5-14(24-16)10-23-15-6-4-13(19)8-12(15)3/h4-8,11H,9-10H2,1-3H3,(H,21,25). The predicted octanol–water partition coefficient (Wildman–Crippen LogP) is 5.40. The number of H-pyrrole nitrogens is 1. The van der Waals surface area contributed by atoms with Crippen molar-refractivity contribution in [2.45, 2.75) is 33.9 Å². The zero-order valence-corrected chi connectivity index (χ0v) is 15.9. The second kappa shape index (κ2) is 7.45.